The highest BCUT2D eigenvalue weighted by molar-refractivity contribution is 5.46. The van der Waals surface area contributed by atoms with E-state index in [1.165, 1.54) is 24.8 Å². The summed E-state index contributed by atoms with van der Waals surface area (Å²) in [7, 11) is 1.99. The van der Waals surface area contributed by atoms with E-state index in [4.69, 9.17) is 4.98 Å². The second-order valence-electron chi connectivity index (χ2n) is 5.40. The SMILES string of the molecule is CCC1CCC(C)N1c1cc(CNC)cc(C)n1. The molecule has 0 radical (unpaired) electrons. The fourth-order valence-corrected chi connectivity index (χ4v) is 3.04. The van der Waals surface area contributed by atoms with Gasteiger partial charge in [0.1, 0.15) is 5.82 Å². The number of nitrogens with one attached hydrogen (secondary N) is 1. The van der Waals surface area contributed by atoms with Gasteiger partial charge in [0.25, 0.3) is 0 Å². The third-order valence-electron chi connectivity index (χ3n) is 3.90. The van der Waals surface area contributed by atoms with E-state index in [0.29, 0.717) is 12.1 Å². The molecule has 2 unspecified atom stereocenters. The van der Waals surface area contributed by atoms with Crippen molar-refractivity contribution in [2.24, 2.45) is 0 Å². The van der Waals surface area contributed by atoms with Crippen molar-refractivity contribution >= 4 is 5.82 Å². The number of nitrogens with zero attached hydrogens (tertiary/aromatic N) is 2. The number of anilines is 1. The molecule has 1 aliphatic rings. The summed E-state index contributed by atoms with van der Waals surface area (Å²) in [6, 6.07) is 5.69. The van der Waals surface area contributed by atoms with Crippen LogP contribution < -0.4 is 10.2 Å². The number of pyridine rings is 1. The molecule has 0 aromatic carbocycles. The molecule has 18 heavy (non-hydrogen) atoms. The van der Waals surface area contributed by atoms with Gasteiger partial charge >= 0.3 is 0 Å². The molecular formula is C15H25N3. The summed E-state index contributed by atoms with van der Waals surface area (Å²) in [5, 5.41) is 3.22. The lowest BCUT2D eigenvalue weighted by Gasteiger charge is -2.29. The minimum absolute atomic E-state index is 0.617. The lowest BCUT2D eigenvalue weighted by atomic mass is 10.1. The maximum atomic E-state index is 4.74. The third-order valence-corrected chi connectivity index (χ3v) is 3.90. The number of hydrogen-bond donors (Lipinski definition) is 1. The van der Waals surface area contributed by atoms with Crippen molar-refractivity contribution in [3.63, 3.8) is 0 Å². The van der Waals surface area contributed by atoms with Crippen LogP contribution in [0.1, 0.15) is 44.4 Å². The predicted octanol–water partition coefficient (Wildman–Crippen LogP) is 2.88. The Hall–Kier alpha value is -1.09. The summed E-state index contributed by atoms with van der Waals surface area (Å²) in [6.07, 6.45) is 3.80. The highest BCUT2D eigenvalue weighted by Gasteiger charge is 2.30. The van der Waals surface area contributed by atoms with Crippen LogP contribution in [0.25, 0.3) is 0 Å². The average Bonchev–Trinajstić information content (AvgIpc) is 2.70. The topological polar surface area (TPSA) is 28.2 Å². The normalized spacial score (nSPS) is 23.7. The van der Waals surface area contributed by atoms with Crippen LogP contribution in [-0.4, -0.2) is 24.1 Å². The van der Waals surface area contributed by atoms with Crippen LogP contribution in [0, 0.1) is 6.92 Å². The second kappa shape index (κ2) is 5.70. The molecule has 1 saturated heterocycles. The Morgan fingerprint density at radius 1 is 1.39 bits per heavy atom. The Morgan fingerprint density at radius 2 is 2.17 bits per heavy atom. The summed E-state index contributed by atoms with van der Waals surface area (Å²) < 4.78 is 0. The molecular weight excluding hydrogens is 222 g/mol. The van der Waals surface area contributed by atoms with E-state index >= 15 is 0 Å². The Morgan fingerprint density at radius 3 is 2.83 bits per heavy atom. The van der Waals surface area contributed by atoms with Gasteiger partial charge in [-0.2, -0.15) is 0 Å². The zero-order valence-electron chi connectivity index (χ0n) is 12.0. The molecule has 2 heterocycles. The standard InChI is InChI=1S/C15H25N3/c1-5-14-7-6-12(3)18(14)15-9-13(10-16-4)8-11(2)17-15/h8-9,12,14,16H,5-7,10H2,1-4H3. The van der Waals surface area contributed by atoms with Crippen molar-refractivity contribution in [2.75, 3.05) is 11.9 Å². The maximum absolute atomic E-state index is 4.74. The predicted molar refractivity (Wildman–Crippen MR) is 77.0 cm³/mol. The molecule has 2 rings (SSSR count). The smallest absolute Gasteiger partial charge is 0.129 e. The maximum Gasteiger partial charge on any atom is 0.129 e. The van der Waals surface area contributed by atoms with E-state index in [9.17, 15) is 0 Å². The van der Waals surface area contributed by atoms with Crippen LogP contribution in [-0.2, 0) is 6.54 Å². The zero-order valence-corrected chi connectivity index (χ0v) is 12.0. The molecule has 3 nitrogen and oxygen atoms in total. The van der Waals surface area contributed by atoms with Gasteiger partial charge in [0, 0.05) is 24.3 Å². The molecule has 1 aromatic heterocycles. The Bertz CT molecular complexity index is 403. The first-order chi connectivity index (χ1) is 8.65. The Balaban J connectivity index is 2.31. The Labute approximate surface area is 111 Å². The molecule has 1 fully saturated rings. The molecule has 0 aliphatic carbocycles. The van der Waals surface area contributed by atoms with Gasteiger partial charge in [0.2, 0.25) is 0 Å². The highest BCUT2D eigenvalue weighted by atomic mass is 15.3. The quantitative estimate of drug-likeness (QED) is 0.886. The monoisotopic (exact) mass is 247 g/mol. The van der Waals surface area contributed by atoms with Gasteiger partial charge in [-0.25, -0.2) is 4.98 Å². The molecule has 100 valence electrons. The fraction of sp³-hybridized carbons (Fsp3) is 0.667. The number of rotatable bonds is 4. The first-order valence-corrected chi connectivity index (χ1v) is 7.06. The van der Waals surface area contributed by atoms with E-state index < -0.39 is 0 Å². The van der Waals surface area contributed by atoms with Gasteiger partial charge in [-0.15, -0.1) is 0 Å². The summed E-state index contributed by atoms with van der Waals surface area (Å²) in [4.78, 5) is 7.26. The molecule has 3 heteroatoms. The highest BCUT2D eigenvalue weighted by Crippen LogP contribution is 2.31. The molecule has 1 aliphatic heterocycles. The van der Waals surface area contributed by atoms with Crippen LogP contribution in [0.15, 0.2) is 12.1 Å². The van der Waals surface area contributed by atoms with Crippen LogP contribution in [0.5, 0.6) is 0 Å². The molecule has 2 atom stereocenters. The van der Waals surface area contributed by atoms with E-state index in [1.54, 1.807) is 0 Å². The largest absolute Gasteiger partial charge is 0.351 e. The third kappa shape index (κ3) is 2.66. The molecule has 1 N–H and O–H groups in total. The molecule has 0 saturated carbocycles. The van der Waals surface area contributed by atoms with Gasteiger partial charge in [-0.1, -0.05) is 6.92 Å². The zero-order chi connectivity index (χ0) is 13.1. The summed E-state index contributed by atoms with van der Waals surface area (Å²) in [5.41, 5.74) is 2.45. The minimum Gasteiger partial charge on any atom is -0.351 e. The molecule has 0 bridgehead atoms. The number of aromatic nitrogens is 1. The lowest BCUT2D eigenvalue weighted by molar-refractivity contribution is 0.619. The second-order valence-corrected chi connectivity index (χ2v) is 5.40. The van der Waals surface area contributed by atoms with Crippen LogP contribution in [0.2, 0.25) is 0 Å². The lowest BCUT2D eigenvalue weighted by Crippen LogP contribution is -2.35. The van der Waals surface area contributed by atoms with E-state index in [0.717, 1.165) is 18.1 Å². The molecule has 0 amide bonds. The summed E-state index contributed by atoms with van der Waals surface area (Å²) in [5.74, 6) is 1.16. The van der Waals surface area contributed by atoms with Gasteiger partial charge < -0.3 is 10.2 Å². The minimum atomic E-state index is 0.617. The van der Waals surface area contributed by atoms with Gasteiger partial charge in [-0.3, -0.25) is 0 Å². The molecule has 0 spiro atoms. The van der Waals surface area contributed by atoms with Crippen molar-refractivity contribution in [1.82, 2.24) is 10.3 Å². The van der Waals surface area contributed by atoms with Crippen molar-refractivity contribution in [3.8, 4) is 0 Å². The first kappa shape index (κ1) is 13.3. The average molecular weight is 247 g/mol. The van der Waals surface area contributed by atoms with Crippen LogP contribution >= 0.6 is 0 Å². The molecule has 1 aromatic rings. The van der Waals surface area contributed by atoms with Crippen molar-refractivity contribution in [1.29, 1.82) is 0 Å². The van der Waals surface area contributed by atoms with Crippen molar-refractivity contribution in [2.45, 2.75) is 58.7 Å². The number of hydrogen-bond acceptors (Lipinski definition) is 3. The summed E-state index contributed by atoms with van der Waals surface area (Å²) in [6.45, 7) is 7.59. The number of aryl methyl sites for hydroxylation is 1. The van der Waals surface area contributed by atoms with E-state index in [1.807, 2.05) is 7.05 Å². The van der Waals surface area contributed by atoms with Crippen LogP contribution in [0.4, 0.5) is 5.82 Å². The van der Waals surface area contributed by atoms with Crippen LogP contribution in [0.3, 0.4) is 0 Å². The first-order valence-electron chi connectivity index (χ1n) is 7.06. The van der Waals surface area contributed by atoms with Gasteiger partial charge in [-0.05, 0) is 57.9 Å². The van der Waals surface area contributed by atoms with E-state index in [2.05, 4.69) is 43.1 Å². The van der Waals surface area contributed by atoms with E-state index in [-0.39, 0.29) is 0 Å². The van der Waals surface area contributed by atoms with Gasteiger partial charge in [0.05, 0.1) is 0 Å². The van der Waals surface area contributed by atoms with Gasteiger partial charge in [0.15, 0.2) is 0 Å². The van der Waals surface area contributed by atoms with Crippen molar-refractivity contribution < 1.29 is 0 Å². The fourth-order valence-electron chi connectivity index (χ4n) is 3.04. The summed E-state index contributed by atoms with van der Waals surface area (Å²) >= 11 is 0. The van der Waals surface area contributed by atoms with Crippen molar-refractivity contribution in [3.05, 3.63) is 23.4 Å². The Kier molecular flexibility index (Phi) is 4.23.